The van der Waals surface area contributed by atoms with Crippen LogP contribution in [0.5, 0.6) is 0 Å². The Balaban J connectivity index is 1.03. The van der Waals surface area contributed by atoms with Gasteiger partial charge in [-0.25, -0.2) is 0 Å². The zero-order valence-corrected chi connectivity index (χ0v) is 75.3. The van der Waals surface area contributed by atoms with Gasteiger partial charge in [0, 0.05) is 97.1 Å². The van der Waals surface area contributed by atoms with Crippen molar-refractivity contribution in [3.8, 4) is 0 Å². The Morgan fingerprint density at radius 2 is 0.419 bits per heavy atom. The number of epoxide rings is 1. The van der Waals surface area contributed by atoms with Gasteiger partial charge in [-0.15, -0.1) is 0 Å². The lowest BCUT2D eigenvalue weighted by Crippen LogP contribution is -2.68. The summed E-state index contributed by atoms with van der Waals surface area (Å²) in [5.74, 6) is -13.8. The van der Waals surface area contributed by atoms with Crippen molar-refractivity contribution in [2.24, 2.45) is 0 Å². The Morgan fingerprint density at radius 3 is 0.612 bits per heavy atom. The molecule has 129 heavy (non-hydrogen) atoms. The molecule has 21 N–H and O–H groups in total. The average molecular weight is 2010 g/mol. The number of aliphatic carboxylic acids is 7. The molecule has 16 bridgehead atoms. The molecule has 41 atom stereocenters. The van der Waals surface area contributed by atoms with Gasteiger partial charge in [0.25, 0.3) is 0 Å². The first-order valence-electron chi connectivity index (χ1n) is 41.0. The molecule has 0 aromatic heterocycles. The largest absolute Gasteiger partial charge is 0.481 e. The fourth-order valence-electron chi connectivity index (χ4n) is 15.1. The van der Waals surface area contributed by atoms with Gasteiger partial charge in [-0.05, 0) is 0 Å². The van der Waals surface area contributed by atoms with Gasteiger partial charge < -0.3 is 193 Å². The van der Waals surface area contributed by atoms with Crippen molar-refractivity contribution in [1.82, 2.24) is 0 Å². The molecular weight excluding hydrogens is 1900 g/mol. The van der Waals surface area contributed by atoms with Gasteiger partial charge in [-0.3, -0.25) is 42.6 Å². The maximum atomic E-state index is 14.1. The van der Waals surface area contributed by atoms with Gasteiger partial charge in [0.2, 0.25) is 0 Å². The van der Waals surface area contributed by atoms with Gasteiger partial charge in [-0.2, -0.15) is 82.3 Å². The number of esters is 1. The van der Waals surface area contributed by atoms with Crippen molar-refractivity contribution in [2.75, 3.05) is 99.2 Å². The van der Waals surface area contributed by atoms with E-state index in [0.717, 1.165) is 89.4 Å². The van der Waals surface area contributed by atoms with E-state index < -0.39 is 361 Å². The Kier molecular flexibility index (Phi) is 43.3. The number of hydrogen-bond donors (Lipinski definition) is 21. The molecule has 31 fully saturated rings. The van der Waals surface area contributed by atoms with Crippen molar-refractivity contribution >= 4 is 141 Å². The van der Waals surface area contributed by atoms with Crippen LogP contribution in [-0.4, -0.2) is 504 Å². The highest BCUT2D eigenvalue weighted by molar-refractivity contribution is 8.00. The first kappa shape index (κ1) is 108. The summed E-state index contributed by atoms with van der Waals surface area (Å²) in [6.45, 7) is 0. The number of carboxylic acid groups (broad SMARTS) is 7. The Morgan fingerprint density at radius 1 is 0.233 bits per heavy atom. The van der Waals surface area contributed by atoms with Crippen LogP contribution >= 0.6 is 82.3 Å². The second-order valence-corrected chi connectivity index (χ2v) is 40.9. The van der Waals surface area contributed by atoms with Gasteiger partial charge >= 0.3 is 47.8 Å². The number of carbonyl (C=O) groups is 8. The number of carboxylic acids is 7. The minimum Gasteiger partial charge on any atom is -0.481 e. The van der Waals surface area contributed by atoms with E-state index in [1.807, 2.05) is 0 Å². The monoisotopic (exact) mass is 2010 g/mol. The zero-order valence-electron chi connectivity index (χ0n) is 68.7. The molecule has 31 rings (SSSR count). The molecule has 31 saturated heterocycles. The SMILES string of the molecule is COC(=O)CCS(=O)C[C@H]1O[C@@H]2O[C@H]3[C@H](O)[C@@H](O)[C@@H](O[C@H]4[C@H](O)[C@@H](O)[C@@H](O[C@H]5[C@H](O)[C@@H](O)[C@@H](O[C@H]6[C@H](O)[C@@H](O)[C@@H](O[C@H]7[C@H](O)[C@@H](O)[C@@H](O[C@H]8[C@H](O)[C@@H](O)[C@@H](O[C@H]9[C@H](O)[C@@H](O)[C@H](O[C@@H]9CSCCC(=O)O)O[C@H]1C1OC12)O[C@@H]8CSCCC(=O)O)O[C@@H]7CSCCC(=O)O)O[C@@H]6CSCCC(=O)O)O[C@@H]5CSCCC(=O)O)O[C@@H]4CSCCC(=O)O)O[C@@H]3CSCCC(=O)O. The predicted molar refractivity (Wildman–Crippen MR) is 443 cm³/mol. The fourth-order valence-corrected chi connectivity index (χ4v) is 23.2. The Labute approximate surface area is 767 Å². The van der Waals surface area contributed by atoms with Crippen LogP contribution in [0.4, 0.5) is 0 Å². The van der Waals surface area contributed by atoms with E-state index in [9.17, 15) is 150 Å². The molecule has 0 aliphatic carbocycles. The highest BCUT2D eigenvalue weighted by Crippen LogP contribution is 2.46. The van der Waals surface area contributed by atoms with E-state index >= 15 is 0 Å². The van der Waals surface area contributed by atoms with Crippen molar-refractivity contribution < 1.29 is 235 Å². The van der Waals surface area contributed by atoms with Crippen LogP contribution in [0.2, 0.25) is 0 Å². The van der Waals surface area contributed by atoms with Gasteiger partial charge in [0.15, 0.2) is 50.3 Å². The zero-order chi connectivity index (χ0) is 93.9. The molecule has 0 aromatic carbocycles. The number of ether oxygens (including phenoxy) is 18. The standard InChI is InChI=1S/C73H112O48S8/c1-104-41(88)9-17-129(103)25-33-63-64-65(113-64)73(112-33)120-62-32(24-128-16-8-40(86)87)110-71(54(101)48(62)95)118-60-30(22-126-14-6-38(82)83)108-69(52(99)46(60)93)116-58-28(20-124-12-4-36(78)79)106-67(50(97)44(58)91)114-56-26(18-122-10-2-34(74)75)105-66(49(96)42(56)89)115-57-27(19-123-11-3-35(76)77)107-68(51(98)43(57)90)117-59-29(21-125-13-5-37(80)81)109-70(53(100)45(59)92)119-61-31(23-127-15-7-39(84)85)111-72(121-63)55(102)47(61)94/h26-33,42-73,89-102H,2-25H2,1H3,(H,74,75)(H,76,77)(H,78,79)(H,80,81)(H,82,83)(H,84,85)(H,86,87)/t26-,27-,28-,29-,30-,31-,32-,33-,42-,43-,44-,45-,46-,47-,48-,49-,50-,51-,52-,53-,54-,55-,56-,57-,58-,59-,60-,61-,62-,63-,64?,65?,66-,67-,68-,69-,70-,71-,72-,73-,129?/m1/s1. The molecule has 0 spiro atoms. The predicted octanol–water partition coefficient (Wildman–Crippen LogP) is -7.53. The van der Waals surface area contributed by atoms with E-state index in [-0.39, 0.29) is 86.3 Å². The first-order valence-corrected chi connectivity index (χ1v) is 50.6. The molecule has 48 nitrogen and oxygen atoms in total. The maximum absolute atomic E-state index is 14.1. The lowest BCUT2D eigenvalue weighted by Gasteiger charge is -2.50. The summed E-state index contributed by atoms with van der Waals surface area (Å²) in [6.07, 6.45) is -81.1. The third kappa shape index (κ3) is 30.1. The molecule has 31 aliphatic heterocycles. The molecule has 740 valence electrons. The molecule has 0 radical (unpaired) electrons. The maximum Gasteiger partial charge on any atom is 0.306 e. The number of carbonyl (C=O) groups excluding carboxylic acids is 1. The first-order chi connectivity index (χ1) is 61.3. The number of methoxy groups -OCH3 is 1. The summed E-state index contributed by atoms with van der Waals surface area (Å²) < 4.78 is 126. The quantitative estimate of drug-likeness (QED) is 0.0154. The second-order valence-electron chi connectivity index (χ2n) is 31.2. The minimum absolute atomic E-state index is 0.107. The van der Waals surface area contributed by atoms with Crippen LogP contribution in [0.3, 0.4) is 0 Å². The third-order valence-corrected chi connectivity index (χ3v) is 30.7. The summed E-state index contributed by atoms with van der Waals surface area (Å²) >= 11 is 6.35. The average Bonchev–Trinajstić information content (AvgIpc) is 1.58. The molecule has 0 aromatic rings. The highest BCUT2D eigenvalue weighted by atomic mass is 32.2. The topological polar surface area (TPSA) is 748 Å². The van der Waals surface area contributed by atoms with E-state index in [0.29, 0.717) is 0 Å². The molecule has 56 heteroatoms. The smallest absolute Gasteiger partial charge is 0.306 e. The van der Waals surface area contributed by atoms with Gasteiger partial charge in [0.1, 0.15) is 153 Å². The van der Waals surface area contributed by atoms with Crippen LogP contribution < -0.4 is 0 Å². The molecule has 31 heterocycles. The molecule has 0 amide bonds. The number of rotatable bonds is 40. The number of thioether (sulfide) groups is 7. The molecule has 31 aliphatic rings. The number of aliphatic hydroxyl groups excluding tert-OH is 14. The summed E-state index contributed by atoms with van der Waals surface area (Å²) in [7, 11) is -0.974. The van der Waals surface area contributed by atoms with Crippen molar-refractivity contribution in [3.05, 3.63) is 0 Å². The van der Waals surface area contributed by atoms with Crippen LogP contribution in [0, 0.1) is 0 Å². The van der Waals surface area contributed by atoms with Crippen LogP contribution in [0.15, 0.2) is 0 Å². The highest BCUT2D eigenvalue weighted by Gasteiger charge is 2.65. The normalized spacial score (nSPS) is 41.7. The van der Waals surface area contributed by atoms with Gasteiger partial charge in [0.05, 0.1) is 107 Å². The van der Waals surface area contributed by atoms with Gasteiger partial charge in [-0.1, -0.05) is 0 Å². The Hall–Kier alpha value is -2.88. The summed E-state index contributed by atoms with van der Waals surface area (Å²) in [5, 5.41) is 239. The van der Waals surface area contributed by atoms with Crippen molar-refractivity contribution in [1.29, 1.82) is 0 Å². The fraction of sp³-hybridized carbons (Fsp3) is 0.890. The minimum atomic E-state index is -2.32. The number of aliphatic hydroxyl groups is 14. The summed E-state index contributed by atoms with van der Waals surface area (Å²) in [5.41, 5.74) is 0. The van der Waals surface area contributed by atoms with Crippen LogP contribution in [-0.2, 0) is 134 Å². The summed E-state index contributed by atoms with van der Waals surface area (Å²) in [4.78, 5) is 95.1. The van der Waals surface area contributed by atoms with E-state index in [4.69, 9.17) is 85.3 Å². The van der Waals surface area contributed by atoms with Crippen LogP contribution in [0.1, 0.15) is 51.4 Å². The third-order valence-electron chi connectivity index (χ3n) is 22.0. The Bertz CT molecular complexity index is 3560. The lowest BCUT2D eigenvalue weighted by atomic mass is 9.95. The second kappa shape index (κ2) is 51.7. The van der Waals surface area contributed by atoms with Crippen molar-refractivity contribution in [2.45, 2.75) is 297 Å². The van der Waals surface area contributed by atoms with Crippen LogP contribution in [0.25, 0.3) is 0 Å². The molecule has 0 saturated carbocycles. The molecule has 3 unspecified atom stereocenters. The van der Waals surface area contributed by atoms with E-state index in [1.165, 1.54) is 0 Å². The van der Waals surface area contributed by atoms with Crippen molar-refractivity contribution in [3.63, 3.8) is 0 Å². The molecular formula is C73H112O48S8. The van der Waals surface area contributed by atoms with E-state index in [2.05, 4.69) is 0 Å². The summed E-state index contributed by atoms with van der Waals surface area (Å²) in [6, 6.07) is 0. The van der Waals surface area contributed by atoms with E-state index in [1.54, 1.807) is 0 Å². The number of hydrogen-bond acceptors (Lipinski definition) is 48. The lowest BCUT2D eigenvalue weighted by molar-refractivity contribution is -0.392.